The quantitative estimate of drug-likeness (QED) is 0.513. The predicted octanol–water partition coefficient (Wildman–Crippen LogP) is 5.26. The van der Waals surface area contributed by atoms with Gasteiger partial charge >= 0.3 is 0 Å². The third-order valence-electron chi connectivity index (χ3n) is 6.05. The number of aromatic nitrogens is 1. The molecule has 7 heteroatoms. The number of allylic oxidation sites excluding steroid dienone is 1. The number of piperidine rings is 1. The average Bonchev–Trinajstić information content (AvgIpc) is 3.06. The predicted molar refractivity (Wildman–Crippen MR) is 132 cm³/mol. The minimum absolute atomic E-state index is 0. The van der Waals surface area contributed by atoms with Gasteiger partial charge in [-0.25, -0.2) is 4.39 Å². The lowest BCUT2D eigenvalue weighted by atomic mass is 10.0. The molecule has 0 unspecified atom stereocenters. The van der Waals surface area contributed by atoms with E-state index in [1.54, 1.807) is 13.2 Å². The number of benzene rings is 1. The van der Waals surface area contributed by atoms with Crippen LogP contribution in [0.25, 0.3) is 17.0 Å². The Morgan fingerprint density at radius 3 is 2.78 bits per heavy atom. The fraction of sp³-hybridized carbons (Fsp3) is 0.560. The van der Waals surface area contributed by atoms with Crippen molar-refractivity contribution in [2.75, 3.05) is 26.8 Å². The molecule has 1 N–H and O–H groups in total. The largest absolute Gasteiger partial charge is 0.385 e. The van der Waals surface area contributed by atoms with Gasteiger partial charge in [0, 0.05) is 49.8 Å². The molecule has 1 amide bonds. The molecule has 0 saturated carbocycles. The molecule has 0 aliphatic carbocycles. The number of aryl methyl sites for hydroxylation is 1. The van der Waals surface area contributed by atoms with Crippen LogP contribution in [0.4, 0.5) is 4.39 Å². The minimum atomic E-state index is -0.286. The molecule has 0 radical (unpaired) electrons. The lowest BCUT2D eigenvalue weighted by molar-refractivity contribution is 0.0562. The van der Waals surface area contributed by atoms with Crippen molar-refractivity contribution in [3.8, 4) is 0 Å². The first kappa shape index (κ1) is 26.4. The van der Waals surface area contributed by atoms with Crippen LogP contribution in [-0.4, -0.2) is 54.3 Å². The van der Waals surface area contributed by atoms with Crippen molar-refractivity contribution in [1.29, 1.82) is 0 Å². The number of carbonyl (C=O) groups is 1. The van der Waals surface area contributed by atoms with Gasteiger partial charge in [-0.2, -0.15) is 0 Å². The fourth-order valence-corrected chi connectivity index (χ4v) is 4.71. The molecule has 1 fully saturated rings. The van der Waals surface area contributed by atoms with Crippen LogP contribution in [0.15, 0.2) is 24.3 Å². The number of nitrogens with one attached hydrogen (secondary N) is 1. The lowest BCUT2D eigenvalue weighted by Crippen LogP contribution is -2.52. The van der Waals surface area contributed by atoms with Crippen LogP contribution < -0.4 is 5.32 Å². The van der Waals surface area contributed by atoms with Crippen LogP contribution in [0.2, 0.25) is 0 Å². The second-order valence-corrected chi connectivity index (χ2v) is 8.55. The Balaban J connectivity index is 0.00000363. The van der Waals surface area contributed by atoms with Gasteiger partial charge in [-0.1, -0.05) is 18.2 Å². The second-order valence-electron chi connectivity index (χ2n) is 8.55. The third kappa shape index (κ3) is 5.53. The number of carbonyl (C=O) groups excluding carboxylic acids is 1. The summed E-state index contributed by atoms with van der Waals surface area (Å²) in [6, 6.07) is 5.32. The first-order valence-corrected chi connectivity index (χ1v) is 11.5. The van der Waals surface area contributed by atoms with Gasteiger partial charge in [-0.15, -0.1) is 12.4 Å². The molecule has 178 valence electrons. The van der Waals surface area contributed by atoms with E-state index >= 15 is 0 Å². The van der Waals surface area contributed by atoms with Crippen LogP contribution in [0.5, 0.6) is 0 Å². The van der Waals surface area contributed by atoms with Crippen LogP contribution >= 0.6 is 12.4 Å². The van der Waals surface area contributed by atoms with Gasteiger partial charge in [0.2, 0.25) is 0 Å². The van der Waals surface area contributed by atoms with E-state index in [0.717, 1.165) is 44.3 Å². The van der Waals surface area contributed by atoms with Crippen molar-refractivity contribution in [2.45, 2.75) is 65.1 Å². The number of hydrogen-bond donors (Lipinski definition) is 1. The molecule has 0 spiro atoms. The molecule has 1 saturated heterocycles. The second kappa shape index (κ2) is 12.4. The summed E-state index contributed by atoms with van der Waals surface area (Å²) in [4.78, 5) is 16.1. The molecule has 5 nitrogen and oxygen atoms in total. The molecule has 2 heterocycles. The fourth-order valence-electron chi connectivity index (χ4n) is 4.71. The van der Waals surface area contributed by atoms with E-state index in [1.807, 2.05) is 34.6 Å². The van der Waals surface area contributed by atoms with Crippen LogP contribution in [0.3, 0.4) is 0 Å². The SMILES string of the molecule is C/C=C/c1c(C(=O)N(C(C)C)[C@@H]2CCCNC2)n(CCCCOC)c2cccc(F)c12.Cl. The highest BCUT2D eigenvalue weighted by atomic mass is 35.5. The highest BCUT2D eigenvalue weighted by Crippen LogP contribution is 2.32. The minimum Gasteiger partial charge on any atom is -0.385 e. The smallest absolute Gasteiger partial charge is 0.271 e. The summed E-state index contributed by atoms with van der Waals surface area (Å²) in [5.74, 6) is -0.301. The Morgan fingerprint density at radius 1 is 1.38 bits per heavy atom. The first-order valence-electron chi connectivity index (χ1n) is 11.5. The molecule has 1 atom stereocenters. The number of hydrogen-bond acceptors (Lipinski definition) is 3. The summed E-state index contributed by atoms with van der Waals surface area (Å²) in [6.07, 6.45) is 7.54. The summed E-state index contributed by atoms with van der Waals surface area (Å²) in [5, 5.41) is 3.96. The first-order chi connectivity index (χ1) is 15.0. The number of methoxy groups -OCH3 is 1. The molecule has 3 rings (SSSR count). The normalized spacial score (nSPS) is 16.6. The summed E-state index contributed by atoms with van der Waals surface area (Å²) in [7, 11) is 1.69. The Morgan fingerprint density at radius 2 is 2.16 bits per heavy atom. The van der Waals surface area contributed by atoms with Crippen molar-refractivity contribution in [3.05, 3.63) is 41.3 Å². The van der Waals surface area contributed by atoms with Gasteiger partial charge in [-0.3, -0.25) is 4.79 Å². The van der Waals surface area contributed by atoms with E-state index in [0.29, 0.717) is 29.8 Å². The highest BCUT2D eigenvalue weighted by molar-refractivity contribution is 6.05. The zero-order chi connectivity index (χ0) is 22.4. The standard InChI is InChI=1S/C25H36FN3O2.ClH/c1-5-10-20-23-21(26)12-8-13-22(23)28(15-6-7-16-31-4)24(20)25(30)29(18(2)3)19-11-9-14-27-17-19;/h5,8,10,12-13,18-19,27H,6-7,9,11,14-17H2,1-4H3;1H/b10-5+;/t19-;/m1./s1. The van der Waals surface area contributed by atoms with E-state index in [4.69, 9.17) is 4.74 Å². The van der Waals surface area contributed by atoms with Gasteiger partial charge < -0.3 is 19.5 Å². The summed E-state index contributed by atoms with van der Waals surface area (Å²) >= 11 is 0. The maximum absolute atomic E-state index is 15.0. The van der Waals surface area contributed by atoms with Crippen molar-refractivity contribution < 1.29 is 13.9 Å². The molecule has 0 bridgehead atoms. The summed E-state index contributed by atoms with van der Waals surface area (Å²) < 4.78 is 22.2. The monoisotopic (exact) mass is 465 g/mol. The number of rotatable bonds is 9. The van der Waals surface area contributed by atoms with E-state index in [9.17, 15) is 9.18 Å². The van der Waals surface area contributed by atoms with E-state index in [2.05, 4.69) is 19.2 Å². The maximum Gasteiger partial charge on any atom is 0.271 e. The van der Waals surface area contributed by atoms with Crippen LogP contribution in [0.1, 0.15) is 62.5 Å². The number of halogens is 2. The Kier molecular flexibility index (Phi) is 10.2. The molecule has 1 aliphatic rings. The number of unbranched alkanes of at least 4 members (excludes halogenated alkanes) is 1. The van der Waals surface area contributed by atoms with Crippen molar-refractivity contribution >= 4 is 35.3 Å². The molecular weight excluding hydrogens is 429 g/mol. The molecule has 32 heavy (non-hydrogen) atoms. The topological polar surface area (TPSA) is 46.5 Å². The lowest BCUT2D eigenvalue weighted by Gasteiger charge is -2.38. The Hall–Kier alpha value is -1.89. The number of fused-ring (bicyclic) bond motifs is 1. The zero-order valence-electron chi connectivity index (χ0n) is 19.7. The molecular formula is C25H37ClFN3O2. The van der Waals surface area contributed by atoms with E-state index in [-0.39, 0.29) is 36.2 Å². The van der Waals surface area contributed by atoms with E-state index < -0.39 is 0 Å². The number of amides is 1. The van der Waals surface area contributed by atoms with Crippen molar-refractivity contribution in [2.24, 2.45) is 0 Å². The number of nitrogens with zero attached hydrogens (tertiary/aromatic N) is 2. The molecule has 1 aromatic heterocycles. The molecule has 1 aliphatic heterocycles. The zero-order valence-corrected chi connectivity index (χ0v) is 20.5. The van der Waals surface area contributed by atoms with Gasteiger partial charge in [0.05, 0.1) is 5.52 Å². The van der Waals surface area contributed by atoms with E-state index in [1.165, 1.54) is 6.07 Å². The summed E-state index contributed by atoms with van der Waals surface area (Å²) in [5.41, 5.74) is 2.05. The van der Waals surface area contributed by atoms with Gasteiger partial charge in [0.15, 0.2) is 0 Å². The number of ether oxygens (including phenoxy) is 1. The molecule has 1 aromatic carbocycles. The highest BCUT2D eigenvalue weighted by Gasteiger charge is 2.33. The van der Waals surface area contributed by atoms with Crippen LogP contribution in [0, 0.1) is 5.82 Å². The maximum atomic E-state index is 15.0. The Bertz CT molecular complexity index is 920. The van der Waals surface area contributed by atoms with Crippen molar-refractivity contribution in [3.63, 3.8) is 0 Å². The van der Waals surface area contributed by atoms with Crippen molar-refractivity contribution in [1.82, 2.24) is 14.8 Å². The van der Waals surface area contributed by atoms with Crippen LogP contribution in [-0.2, 0) is 11.3 Å². The van der Waals surface area contributed by atoms with Gasteiger partial charge in [0.1, 0.15) is 11.5 Å². The summed E-state index contributed by atoms with van der Waals surface area (Å²) in [6.45, 7) is 9.14. The molecule has 2 aromatic rings. The van der Waals surface area contributed by atoms with Gasteiger partial charge in [0.25, 0.3) is 5.91 Å². The third-order valence-corrected chi connectivity index (χ3v) is 6.05. The van der Waals surface area contributed by atoms with Gasteiger partial charge in [-0.05, 0) is 65.1 Å². The Labute approximate surface area is 197 Å². The average molecular weight is 466 g/mol.